The highest BCUT2D eigenvalue weighted by Crippen LogP contribution is 2.35. The maximum atomic E-state index is 12.8. The second-order valence-corrected chi connectivity index (χ2v) is 5.49. The largest absolute Gasteiger partial charge is 0.493 e. The van der Waals surface area contributed by atoms with Gasteiger partial charge in [0.25, 0.3) is 0 Å². The topological polar surface area (TPSA) is 9.23 Å². The maximum absolute atomic E-state index is 12.8. The van der Waals surface area contributed by atoms with Gasteiger partial charge in [-0.2, -0.15) is 13.2 Å². The average molecular weight is 322 g/mol. The summed E-state index contributed by atoms with van der Waals surface area (Å²) in [5.74, 6) is -0.0794. The van der Waals surface area contributed by atoms with E-state index in [1.807, 2.05) is 18.2 Å². The van der Waals surface area contributed by atoms with Crippen molar-refractivity contribution in [3.05, 3.63) is 65.7 Å². The Labute approximate surface area is 135 Å². The summed E-state index contributed by atoms with van der Waals surface area (Å²) in [5, 5.41) is 0. The average Bonchev–Trinajstić information content (AvgIpc) is 2.54. The van der Waals surface area contributed by atoms with Crippen molar-refractivity contribution < 1.29 is 17.9 Å². The molecule has 1 nitrogen and oxygen atoms in total. The molecule has 0 heterocycles. The van der Waals surface area contributed by atoms with E-state index in [9.17, 15) is 13.2 Å². The summed E-state index contributed by atoms with van der Waals surface area (Å²) in [6.07, 6.45) is 0.537. The van der Waals surface area contributed by atoms with Crippen LogP contribution in [-0.4, -0.2) is 6.61 Å². The predicted octanol–water partition coefficient (Wildman–Crippen LogP) is 5.89. The molecule has 0 N–H and O–H groups in total. The van der Waals surface area contributed by atoms with Crippen LogP contribution >= 0.6 is 0 Å². The Hall–Kier alpha value is -1.97. The van der Waals surface area contributed by atoms with E-state index in [0.717, 1.165) is 38.2 Å². The summed E-state index contributed by atoms with van der Waals surface area (Å²) in [6, 6.07) is 15.6. The third kappa shape index (κ3) is 5.97. The Kier molecular flexibility index (Phi) is 6.51. The Morgan fingerprint density at radius 2 is 1.39 bits per heavy atom. The maximum Gasteiger partial charge on any atom is 0.419 e. The monoisotopic (exact) mass is 322 g/mol. The normalized spacial score (nSPS) is 11.4. The number of hydrogen-bond donors (Lipinski definition) is 0. The molecular formula is C19H21F3O. The first-order valence-corrected chi connectivity index (χ1v) is 7.90. The molecule has 0 unspecified atom stereocenters. The molecule has 2 rings (SSSR count). The molecule has 4 heteroatoms. The summed E-state index contributed by atoms with van der Waals surface area (Å²) >= 11 is 0. The lowest BCUT2D eigenvalue weighted by Crippen LogP contribution is -2.09. The smallest absolute Gasteiger partial charge is 0.419 e. The number of unbranched alkanes of at least 4 members (excludes halogenated alkanes) is 3. The van der Waals surface area contributed by atoms with Gasteiger partial charge in [-0.3, -0.25) is 0 Å². The first kappa shape index (κ1) is 17.4. The molecule has 0 aliphatic rings. The third-order valence-electron chi connectivity index (χ3n) is 3.65. The molecule has 0 spiro atoms. The Bertz CT molecular complexity index is 579. The van der Waals surface area contributed by atoms with Gasteiger partial charge in [0, 0.05) is 0 Å². The number of alkyl halides is 3. The van der Waals surface area contributed by atoms with E-state index in [1.165, 1.54) is 17.7 Å². The van der Waals surface area contributed by atoms with E-state index in [1.54, 1.807) is 6.07 Å². The molecule has 0 aliphatic heterocycles. The van der Waals surface area contributed by atoms with E-state index in [2.05, 4.69) is 12.1 Å². The van der Waals surface area contributed by atoms with Crippen LogP contribution in [0.3, 0.4) is 0 Å². The number of ether oxygens (including phenoxy) is 1. The van der Waals surface area contributed by atoms with Crippen molar-refractivity contribution in [1.29, 1.82) is 0 Å². The van der Waals surface area contributed by atoms with Crippen LogP contribution in [0.15, 0.2) is 54.6 Å². The second kappa shape index (κ2) is 8.61. The van der Waals surface area contributed by atoms with Crippen molar-refractivity contribution in [3.8, 4) is 5.75 Å². The number of rotatable bonds is 8. The van der Waals surface area contributed by atoms with Crippen molar-refractivity contribution in [2.45, 2.75) is 38.3 Å². The first-order chi connectivity index (χ1) is 11.1. The Morgan fingerprint density at radius 3 is 2.13 bits per heavy atom. The van der Waals surface area contributed by atoms with E-state index in [0.29, 0.717) is 6.61 Å². The molecule has 0 aliphatic carbocycles. The van der Waals surface area contributed by atoms with Crippen LogP contribution in [0.25, 0.3) is 0 Å². The van der Waals surface area contributed by atoms with Crippen molar-refractivity contribution in [1.82, 2.24) is 0 Å². The number of aryl methyl sites for hydroxylation is 1. The van der Waals surface area contributed by atoms with E-state index in [-0.39, 0.29) is 5.75 Å². The second-order valence-electron chi connectivity index (χ2n) is 5.49. The lowest BCUT2D eigenvalue weighted by molar-refractivity contribution is -0.138. The van der Waals surface area contributed by atoms with E-state index < -0.39 is 11.7 Å². The van der Waals surface area contributed by atoms with Crippen molar-refractivity contribution in [2.24, 2.45) is 0 Å². The van der Waals surface area contributed by atoms with Crippen LogP contribution in [-0.2, 0) is 12.6 Å². The van der Waals surface area contributed by atoms with Crippen molar-refractivity contribution in [2.75, 3.05) is 6.61 Å². The first-order valence-electron chi connectivity index (χ1n) is 7.90. The summed E-state index contributed by atoms with van der Waals surface area (Å²) in [5.41, 5.74) is 0.618. The van der Waals surface area contributed by atoms with Crippen LogP contribution in [0.1, 0.15) is 36.8 Å². The highest BCUT2D eigenvalue weighted by Gasteiger charge is 2.33. The lowest BCUT2D eigenvalue weighted by Gasteiger charge is -2.13. The molecule has 2 aromatic rings. The highest BCUT2D eigenvalue weighted by molar-refractivity contribution is 5.35. The highest BCUT2D eigenvalue weighted by atomic mass is 19.4. The summed E-state index contributed by atoms with van der Waals surface area (Å²) < 4.78 is 43.7. The van der Waals surface area contributed by atoms with Gasteiger partial charge in [-0.15, -0.1) is 0 Å². The molecule has 0 bridgehead atoms. The van der Waals surface area contributed by atoms with Crippen molar-refractivity contribution >= 4 is 0 Å². The Morgan fingerprint density at radius 1 is 0.739 bits per heavy atom. The standard InChI is InChI=1S/C19H21F3O/c20-19(21,22)17-13-7-8-14-18(17)23-15-9-2-1-4-10-16-11-5-3-6-12-16/h3,5-8,11-14H,1-2,4,9-10,15H2. The minimum Gasteiger partial charge on any atom is -0.493 e. The number of hydrogen-bond acceptors (Lipinski definition) is 1. The van der Waals surface area contributed by atoms with Gasteiger partial charge in [-0.05, 0) is 37.0 Å². The number of para-hydroxylation sites is 1. The van der Waals surface area contributed by atoms with E-state index in [4.69, 9.17) is 4.74 Å². The zero-order chi connectivity index (χ0) is 16.5. The van der Waals surface area contributed by atoms with Crippen LogP contribution < -0.4 is 4.74 Å². The van der Waals surface area contributed by atoms with Gasteiger partial charge in [0.05, 0.1) is 12.2 Å². The molecule has 0 fully saturated rings. The molecular weight excluding hydrogens is 301 g/mol. The zero-order valence-electron chi connectivity index (χ0n) is 13.0. The molecule has 0 saturated carbocycles. The SMILES string of the molecule is FC(F)(F)c1ccccc1OCCCCCCc1ccccc1. The van der Waals surface area contributed by atoms with Gasteiger partial charge < -0.3 is 4.74 Å². The molecule has 0 amide bonds. The zero-order valence-corrected chi connectivity index (χ0v) is 13.0. The quantitative estimate of drug-likeness (QED) is 0.551. The van der Waals surface area contributed by atoms with Gasteiger partial charge in [-0.1, -0.05) is 55.3 Å². The van der Waals surface area contributed by atoms with E-state index >= 15 is 0 Å². The molecule has 124 valence electrons. The number of halogens is 3. The minimum atomic E-state index is -4.37. The fourth-order valence-electron chi connectivity index (χ4n) is 2.44. The molecule has 0 atom stereocenters. The van der Waals surface area contributed by atoms with Crippen molar-refractivity contribution in [3.63, 3.8) is 0 Å². The fraction of sp³-hybridized carbons (Fsp3) is 0.368. The fourth-order valence-corrected chi connectivity index (χ4v) is 2.44. The molecule has 0 radical (unpaired) electrons. The predicted molar refractivity (Wildman–Crippen MR) is 85.6 cm³/mol. The third-order valence-corrected chi connectivity index (χ3v) is 3.65. The lowest BCUT2D eigenvalue weighted by atomic mass is 10.1. The molecule has 0 aromatic heterocycles. The van der Waals surface area contributed by atoms with Crippen LogP contribution in [0, 0.1) is 0 Å². The number of benzene rings is 2. The minimum absolute atomic E-state index is 0.0794. The van der Waals surface area contributed by atoms with Crippen LogP contribution in [0.4, 0.5) is 13.2 Å². The molecule has 23 heavy (non-hydrogen) atoms. The summed E-state index contributed by atoms with van der Waals surface area (Å²) in [6.45, 7) is 0.318. The van der Waals surface area contributed by atoms with Crippen LogP contribution in [0.5, 0.6) is 5.75 Å². The van der Waals surface area contributed by atoms with Crippen LogP contribution in [0.2, 0.25) is 0 Å². The van der Waals surface area contributed by atoms with Gasteiger partial charge >= 0.3 is 6.18 Å². The van der Waals surface area contributed by atoms with Gasteiger partial charge in [-0.25, -0.2) is 0 Å². The summed E-state index contributed by atoms with van der Waals surface area (Å²) in [7, 11) is 0. The van der Waals surface area contributed by atoms with Gasteiger partial charge in [0.15, 0.2) is 0 Å². The summed E-state index contributed by atoms with van der Waals surface area (Å²) in [4.78, 5) is 0. The molecule has 0 saturated heterocycles. The molecule has 2 aromatic carbocycles. The van der Waals surface area contributed by atoms with Gasteiger partial charge in [0.1, 0.15) is 5.75 Å². The van der Waals surface area contributed by atoms with Gasteiger partial charge in [0.2, 0.25) is 0 Å². The Balaban J connectivity index is 1.65.